The summed E-state index contributed by atoms with van der Waals surface area (Å²) in [6.45, 7) is 1.85. The average molecular weight is 356 g/mol. The Morgan fingerprint density at radius 2 is 1.84 bits per heavy atom. The van der Waals surface area contributed by atoms with E-state index in [0.29, 0.717) is 5.69 Å². The van der Waals surface area contributed by atoms with Crippen molar-refractivity contribution in [3.63, 3.8) is 0 Å². The first-order valence-corrected chi connectivity index (χ1v) is 8.61. The Morgan fingerprint density at radius 1 is 1.16 bits per heavy atom. The molecule has 0 aliphatic rings. The van der Waals surface area contributed by atoms with Crippen LogP contribution in [0.1, 0.15) is 29.0 Å². The molecule has 0 fully saturated rings. The number of aromatic nitrogens is 1. The molecule has 25 heavy (non-hydrogen) atoms. The highest BCUT2D eigenvalue weighted by molar-refractivity contribution is 7.13. The van der Waals surface area contributed by atoms with Crippen molar-refractivity contribution < 1.29 is 13.9 Å². The zero-order valence-corrected chi connectivity index (χ0v) is 14.6. The lowest BCUT2D eigenvalue weighted by atomic mass is 10.1. The van der Waals surface area contributed by atoms with Crippen LogP contribution in [0.5, 0.6) is 5.75 Å². The topological polar surface area (TPSA) is 51.2 Å². The molecule has 1 unspecified atom stereocenters. The van der Waals surface area contributed by atoms with Crippen LogP contribution in [0.15, 0.2) is 53.9 Å². The fourth-order valence-electron chi connectivity index (χ4n) is 2.35. The van der Waals surface area contributed by atoms with E-state index in [0.717, 1.165) is 21.9 Å². The Balaban J connectivity index is 1.70. The maximum atomic E-state index is 13.0. The molecule has 0 saturated carbocycles. The highest BCUT2D eigenvalue weighted by atomic mass is 32.1. The first-order chi connectivity index (χ1) is 12.1. The molecule has 3 rings (SSSR count). The number of carbonyl (C=O) groups excluding carboxylic acids is 1. The highest BCUT2D eigenvalue weighted by Crippen LogP contribution is 2.26. The van der Waals surface area contributed by atoms with E-state index in [-0.39, 0.29) is 17.8 Å². The number of amides is 1. The smallest absolute Gasteiger partial charge is 0.271 e. The molecule has 1 amide bonds. The van der Waals surface area contributed by atoms with Crippen LogP contribution in [-0.4, -0.2) is 18.0 Å². The standard InChI is InChI=1S/C19H17FN2O2S/c1-12(13-3-7-15(20)8-4-13)21-18(23)17-11-25-19(22-17)14-5-9-16(24-2)10-6-14/h3-12H,1-2H3,(H,21,23). The van der Waals surface area contributed by atoms with Gasteiger partial charge in [-0.2, -0.15) is 0 Å². The molecular formula is C19H17FN2O2S. The lowest BCUT2D eigenvalue weighted by Gasteiger charge is -2.13. The summed E-state index contributed by atoms with van der Waals surface area (Å²) >= 11 is 1.41. The fourth-order valence-corrected chi connectivity index (χ4v) is 3.16. The number of halogens is 1. The number of nitrogens with one attached hydrogen (secondary N) is 1. The quantitative estimate of drug-likeness (QED) is 0.735. The van der Waals surface area contributed by atoms with Crippen molar-refractivity contribution >= 4 is 17.2 Å². The maximum absolute atomic E-state index is 13.0. The number of hydrogen-bond donors (Lipinski definition) is 1. The number of hydrogen-bond acceptors (Lipinski definition) is 4. The Hall–Kier alpha value is -2.73. The molecule has 128 valence electrons. The second kappa shape index (κ2) is 7.44. The van der Waals surface area contributed by atoms with E-state index in [1.54, 1.807) is 24.6 Å². The van der Waals surface area contributed by atoms with Gasteiger partial charge in [-0.05, 0) is 48.9 Å². The molecule has 6 heteroatoms. The van der Waals surface area contributed by atoms with Gasteiger partial charge in [-0.15, -0.1) is 11.3 Å². The van der Waals surface area contributed by atoms with Gasteiger partial charge in [0.1, 0.15) is 22.3 Å². The summed E-state index contributed by atoms with van der Waals surface area (Å²) in [4.78, 5) is 16.8. The SMILES string of the molecule is COc1ccc(-c2nc(C(=O)NC(C)c3ccc(F)cc3)cs2)cc1. The third kappa shape index (κ3) is 4.03. The third-order valence-corrected chi connectivity index (χ3v) is 4.68. The van der Waals surface area contributed by atoms with Gasteiger partial charge < -0.3 is 10.1 Å². The molecule has 0 spiro atoms. The second-order valence-electron chi connectivity index (χ2n) is 5.51. The third-order valence-electron chi connectivity index (χ3n) is 3.79. The van der Waals surface area contributed by atoms with Crippen molar-refractivity contribution in [1.82, 2.24) is 10.3 Å². The lowest BCUT2D eigenvalue weighted by molar-refractivity contribution is 0.0935. The van der Waals surface area contributed by atoms with Crippen molar-refractivity contribution in [3.8, 4) is 16.3 Å². The lowest BCUT2D eigenvalue weighted by Crippen LogP contribution is -2.26. The molecule has 2 aromatic carbocycles. The van der Waals surface area contributed by atoms with Crippen molar-refractivity contribution in [1.29, 1.82) is 0 Å². The Morgan fingerprint density at radius 3 is 2.48 bits per heavy atom. The van der Waals surface area contributed by atoms with Crippen molar-refractivity contribution in [3.05, 3.63) is 71.0 Å². The number of carbonyl (C=O) groups is 1. The predicted octanol–water partition coefficient (Wildman–Crippen LogP) is 4.45. The first-order valence-electron chi connectivity index (χ1n) is 7.73. The van der Waals surface area contributed by atoms with Crippen LogP contribution < -0.4 is 10.1 Å². The van der Waals surface area contributed by atoms with Gasteiger partial charge in [-0.25, -0.2) is 9.37 Å². The molecule has 1 N–H and O–H groups in total. The molecule has 0 radical (unpaired) electrons. The average Bonchev–Trinajstić information content (AvgIpc) is 3.12. The number of nitrogens with zero attached hydrogens (tertiary/aromatic N) is 1. The number of methoxy groups -OCH3 is 1. The van der Waals surface area contributed by atoms with Crippen LogP contribution in [0.25, 0.3) is 10.6 Å². The van der Waals surface area contributed by atoms with E-state index in [4.69, 9.17) is 4.74 Å². The van der Waals surface area contributed by atoms with Crippen molar-refractivity contribution in [2.75, 3.05) is 7.11 Å². The molecule has 0 bridgehead atoms. The van der Waals surface area contributed by atoms with Gasteiger partial charge in [-0.3, -0.25) is 4.79 Å². The highest BCUT2D eigenvalue weighted by Gasteiger charge is 2.15. The Labute approximate surface area is 149 Å². The first kappa shape index (κ1) is 17.1. The van der Waals surface area contributed by atoms with E-state index < -0.39 is 0 Å². The molecular weight excluding hydrogens is 339 g/mol. The zero-order valence-electron chi connectivity index (χ0n) is 13.8. The van der Waals surface area contributed by atoms with Gasteiger partial charge in [0, 0.05) is 10.9 Å². The van der Waals surface area contributed by atoms with Gasteiger partial charge in [0.15, 0.2) is 0 Å². The summed E-state index contributed by atoms with van der Waals surface area (Å²) in [7, 11) is 1.61. The summed E-state index contributed by atoms with van der Waals surface area (Å²) in [5, 5.41) is 5.37. The summed E-state index contributed by atoms with van der Waals surface area (Å²) in [6.07, 6.45) is 0. The van der Waals surface area contributed by atoms with Crippen LogP contribution in [0.4, 0.5) is 4.39 Å². The summed E-state index contributed by atoms with van der Waals surface area (Å²) in [5.41, 5.74) is 2.13. The van der Waals surface area contributed by atoms with Gasteiger partial charge in [-0.1, -0.05) is 12.1 Å². The molecule has 0 aliphatic heterocycles. The number of benzene rings is 2. The van der Waals surface area contributed by atoms with Crippen LogP contribution in [0, 0.1) is 5.82 Å². The number of thiazole rings is 1. The second-order valence-corrected chi connectivity index (χ2v) is 6.37. The minimum absolute atomic E-state index is 0.237. The zero-order chi connectivity index (χ0) is 17.8. The molecule has 1 aromatic heterocycles. The number of rotatable bonds is 5. The predicted molar refractivity (Wildman–Crippen MR) is 96.4 cm³/mol. The van der Waals surface area contributed by atoms with Gasteiger partial charge in [0.2, 0.25) is 0 Å². The minimum Gasteiger partial charge on any atom is -0.497 e. The molecule has 3 aromatic rings. The van der Waals surface area contributed by atoms with Crippen LogP contribution >= 0.6 is 11.3 Å². The molecule has 0 aliphatic carbocycles. The van der Waals surface area contributed by atoms with Gasteiger partial charge in [0.25, 0.3) is 5.91 Å². The van der Waals surface area contributed by atoms with Gasteiger partial charge >= 0.3 is 0 Å². The number of ether oxygens (including phenoxy) is 1. The van der Waals surface area contributed by atoms with E-state index in [2.05, 4.69) is 10.3 Å². The summed E-state index contributed by atoms with van der Waals surface area (Å²) in [5.74, 6) is 0.213. The van der Waals surface area contributed by atoms with E-state index >= 15 is 0 Å². The largest absolute Gasteiger partial charge is 0.497 e. The van der Waals surface area contributed by atoms with Crippen LogP contribution in [0.2, 0.25) is 0 Å². The normalized spacial score (nSPS) is 11.8. The van der Waals surface area contributed by atoms with Crippen molar-refractivity contribution in [2.45, 2.75) is 13.0 Å². The Kier molecular flexibility index (Phi) is 5.09. The van der Waals surface area contributed by atoms with E-state index in [1.807, 2.05) is 31.2 Å². The Bertz CT molecular complexity index is 860. The van der Waals surface area contributed by atoms with Crippen molar-refractivity contribution in [2.24, 2.45) is 0 Å². The van der Waals surface area contributed by atoms with Gasteiger partial charge in [0.05, 0.1) is 13.2 Å². The fraction of sp³-hybridized carbons (Fsp3) is 0.158. The molecule has 1 heterocycles. The van der Waals surface area contributed by atoms with E-state index in [9.17, 15) is 9.18 Å². The summed E-state index contributed by atoms with van der Waals surface area (Å²) in [6, 6.07) is 13.3. The molecule has 1 atom stereocenters. The maximum Gasteiger partial charge on any atom is 0.271 e. The molecule has 4 nitrogen and oxygen atoms in total. The summed E-state index contributed by atoms with van der Waals surface area (Å²) < 4.78 is 18.1. The van der Waals surface area contributed by atoms with Crippen LogP contribution in [-0.2, 0) is 0 Å². The van der Waals surface area contributed by atoms with Crippen LogP contribution in [0.3, 0.4) is 0 Å². The van der Waals surface area contributed by atoms with E-state index in [1.165, 1.54) is 23.5 Å². The minimum atomic E-state index is -0.300. The monoisotopic (exact) mass is 356 g/mol. The molecule has 0 saturated heterocycles.